The molecule has 0 atom stereocenters. The molecule has 0 radical (unpaired) electrons. The Morgan fingerprint density at radius 3 is 2.58 bits per heavy atom. The summed E-state index contributed by atoms with van der Waals surface area (Å²) in [5.74, 6) is 0.408. The molecule has 0 saturated carbocycles. The fraction of sp³-hybridized carbons (Fsp3) is 0.208. The first-order valence-corrected chi connectivity index (χ1v) is 9.79. The first kappa shape index (κ1) is 21.8. The van der Waals surface area contributed by atoms with Crippen molar-refractivity contribution in [3.8, 4) is 28.4 Å². The lowest BCUT2D eigenvalue weighted by Gasteiger charge is -2.10. The van der Waals surface area contributed by atoms with Gasteiger partial charge in [-0.3, -0.25) is 9.59 Å². The van der Waals surface area contributed by atoms with Crippen LogP contribution in [0.2, 0.25) is 0 Å². The fourth-order valence-electron chi connectivity index (χ4n) is 2.86. The molecule has 0 spiro atoms. The Morgan fingerprint density at radius 1 is 1.06 bits per heavy atom. The van der Waals surface area contributed by atoms with Crippen molar-refractivity contribution < 1.29 is 24.2 Å². The lowest BCUT2D eigenvalue weighted by molar-refractivity contribution is -0.137. The standard InChI is InChI=1S/C24H24N2O5/c1-15(2)24(29)31-19-6-4-5-17(13-19)18-9-10-25-22(14-18)26-23(28)12-16-7-8-20(27)21(11-16)30-3/h4-11,13-15,27H,12H2,1-3H3,(H,25,26,28). The van der Waals surface area contributed by atoms with Crippen LogP contribution in [0.5, 0.6) is 17.2 Å². The highest BCUT2D eigenvalue weighted by Gasteiger charge is 2.12. The van der Waals surface area contributed by atoms with Gasteiger partial charge in [-0.1, -0.05) is 32.0 Å². The highest BCUT2D eigenvalue weighted by molar-refractivity contribution is 5.92. The maximum atomic E-state index is 12.4. The Balaban J connectivity index is 1.72. The molecule has 0 fully saturated rings. The van der Waals surface area contributed by atoms with Crippen LogP contribution in [0, 0.1) is 5.92 Å². The molecule has 0 aliphatic rings. The van der Waals surface area contributed by atoms with E-state index < -0.39 is 0 Å². The molecular formula is C24H24N2O5. The van der Waals surface area contributed by atoms with Crippen LogP contribution in [0.25, 0.3) is 11.1 Å². The molecular weight excluding hydrogens is 396 g/mol. The molecule has 160 valence electrons. The number of carbonyl (C=O) groups is 2. The lowest BCUT2D eigenvalue weighted by Crippen LogP contribution is -2.15. The summed E-state index contributed by atoms with van der Waals surface area (Å²) in [5.41, 5.74) is 2.34. The monoisotopic (exact) mass is 420 g/mol. The van der Waals surface area contributed by atoms with Gasteiger partial charge in [0, 0.05) is 6.20 Å². The van der Waals surface area contributed by atoms with E-state index in [2.05, 4.69) is 10.3 Å². The van der Waals surface area contributed by atoms with Crippen molar-refractivity contribution >= 4 is 17.7 Å². The predicted octanol–water partition coefficient (Wildman–Crippen LogP) is 4.21. The van der Waals surface area contributed by atoms with Crippen molar-refractivity contribution in [2.75, 3.05) is 12.4 Å². The first-order chi connectivity index (χ1) is 14.9. The van der Waals surface area contributed by atoms with Crippen molar-refractivity contribution in [1.29, 1.82) is 0 Å². The van der Waals surface area contributed by atoms with E-state index in [-0.39, 0.29) is 30.0 Å². The summed E-state index contributed by atoms with van der Waals surface area (Å²) >= 11 is 0. The highest BCUT2D eigenvalue weighted by atomic mass is 16.5. The number of nitrogens with zero attached hydrogens (tertiary/aromatic N) is 1. The number of ether oxygens (including phenoxy) is 2. The average Bonchev–Trinajstić information content (AvgIpc) is 2.75. The number of anilines is 1. The van der Waals surface area contributed by atoms with Crippen molar-refractivity contribution in [2.45, 2.75) is 20.3 Å². The number of phenols is 1. The molecule has 7 heteroatoms. The SMILES string of the molecule is COc1cc(CC(=O)Nc2cc(-c3cccc(OC(=O)C(C)C)c3)ccn2)ccc1O. The van der Waals surface area contributed by atoms with Crippen LogP contribution in [0.4, 0.5) is 5.82 Å². The van der Waals surface area contributed by atoms with Gasteiger partial charge in [-0.05, 0) is 53.1 Å². The number of aromatic nitrogens is 1. The lowest BCUT2D eigenvalue weighted by atomic mass is 10.1. The zero-order valence-electron chi connectivity index (χ0n) is 17.6. The second-order valence-corrected chi connectivity index (χ2v) is 7.26. The average molecular weight is 420 g/mol. The van der Waals surface area contributed by atoms with Gasteiger partial charge < -0.3 is 19.9 Å². The molecule has 1 amide bonds. The zero-order valence-corrected chi connectivity index (χ0v) is 17.6. The molecule has 2 N–H and O–H groups in total. The molecule has 31 heavy (non-hydrogen) atoms. The normalized spacial score (nSPS) is 10.6. The summed E-state index contributed by atoms with van der Waals surface area (Å²) in [6.07, 6.45) is 1.70. The minimum Gasteiger partial charge on any atom is -0.504 e. The van der Waals surface area contributed by atoms with Gasteiger partial charge in [0.05, 0.1) is 19.4 Å². The number of rotatable bonds is 7. The summed E-state index contributed by atoms with van der Waals surface area (Å²) < 4.78 is 10.4. The highest BCUT2D eigenvalue weighted by Crippen LogP contribution is 2.27. The van der Waals surface area contributed by atoms with Gasteiger partial charge in [-0.15, -0.1) is 0 Å². The Bertz CT molecular complexity index is 1090. The van der Waals surface area contributed by atoms with E-state index in [1.165, 1.54) is 13.2 Å². The maximum absolute atomic E-state index is 12.4. The topological polar surface area (TPSA) is 97.8 Å². The molecule has 0 unspecified atom stereocenters. The van der Waals surface area contributed by atoms with Crippen LogP contribution >= 0.6 is 0 Å². The Kier molecular flexibility index (Phi) is 6.87. The largest absolute Gasteiger partial charge is 0.504 e. The molecule has 0 bridgehead atoms. The van der Waals surface area contributed by atoms with E-state index >= 15 is 0 Å². The van der Waals surface area contributed by atoms with Crippen LogP contribution in [0.3, 0.4) is 0 Å². The van der Waals surface area contributed by atoms with E-state index in [4.69, 9.17) is 9.47 Å². The summed E-state index contributed by atoms with van der Waals surface area (Å²) in [6, 6.07) is 15.5. The number of hydrogen-bond acceptors (Lipinski definition) is 6. The van der Waals surface area contributed by atoms with Gasteiger partial charge in [0.15, 0.2) is 11.5 Å². The third kappa shape index (κ3) is 5.82. The number of carbonyl (C=O) groups excluding carboxylic acids is 2. The molecule has 0 aliphatic heterocycles. The summed E-state index contributed by atoms with van der Waals surface area (Å²) in [5, 5.41) is 12.5. The third-order valence-electron chi connectivity index (χ3n) is 4.49. The van der Waals surface area contributed by atoms with Gasteiger partial charge in [0.25, 0.3) is 0 Å². The first-order valence-electron chi connectivity index (χ1n) is 9.79. The zero-order chi connectivity index (χ0) is 22.4. The predicted molar refractivity (Wildman–Crippen MR) is 117 cm³/mol. The number of nitrogens with one attached hydrogen (secondary N) is 1. The van der Waals surface area contributed by atoms with Gasteiger partial charge >= 0.3 is 5.97 Å². The Morgan fingerprint density at radius 2 is 1.84 bits per heavy atom. The molecule has 2 aromatic carbocycles. The van der Waals surface area contributed by atoms with E-state index in [1.54, 1.807) is 56.4 Å². The number of esters is 1. The quantitative estimate of drug-likeness (QED) is 0.439. The van der Waals surface area contributed by atoms with Gasteiger partial charge in [-0.25, -0.2) is 4.98 Å². The second-order valence-electron chi connectivity index (χ2n) is 7.26. The van der Waals surface area contributed by atoms with E-state index in [0.717, 1.165) is 11.1 Å². The van der Waals surface area contributed by atoms with Crippen LogP contribution in [-0.2, 0) is 16.0 Å². The van der Waals surface area contributed by atoms with Crippen molar-refractivity contribution in [3.05, 3.63) is 66.4 Å². The van der Waals surface area contributed by atoms with Crippen molar-refractivity contribution in [2.24, 2.45) is 5.92 Å². The van der Waals surface area contributed by atoms with Gasteiger partial charge in [0.2, 0.25) is 5.91 Å². The van der Waals surface area contributed by atoms with E-state index in [9.17, 15) is 14.7 Å². The number of aromatic hydroxyl groups is 1. The minimum absolute atomic E-state index is 0.0160. The van der Waals surface area contributed by atoms with Crippen molar-refractivity contribution in [1.82, 2.24) is 4.98 Å². The molecule has 3 rings (SSSR count). The number of amides is 1. The number of methoxy groups -OCH3 is 1. The molecule has 1 aromatic heterocycles. The Labute approximate surface area is 180 Å². The molecule has 0 aliphatic carbocycles. The third-order valence-corrected chi connectivity index (χ3v) is 4.49. The fourth-order valence-corrected chi connectivity index (χ4v) is 2.86. The maximum Gasteiger partial charge on any atom is 0.313 e. The van der Waals surface area contributed by atoms with E-state index in [0.29, 0.717) is 22.9 Å². The van der Waals surface area contributed by atoms with Crippen LogP contribution in [0.1, 0.15) is 19.4 Å². The summed E-state index contributed by atoms with van der Waals surface area (Å²) in [7, 11) is 1.45. The smallest absolute Gasteiger partial charge is 0.313 e. The summed E-state index contributed by atoms with van der Waals surface area (Å²) in [6.45, 7) is 3.55. The summed E-state index contributed by atoms with van der Waals surface area (Å²) in [4.78, 5) is 28.5. The Hall–Kier alpha value is -3.87. The van der Waals surface area contributed by atoms with Crippen LogP contribution in [0.15, 0.2) is 60.8 Å². The van der Waals surface area contributed by atoms with Crippen molar-refractivity contribution in [3.63, 3.8) is 0 Å². The van der Waals surface area contributed by atoms with E-state index in [1.807, 2.05) is 12.1 Å². The van der Waals surface area contributed by atoms with Gasteiger partial charge in [0.1, 0.15) is 11.6 Å². The molecule has 3 aromatic rings. The number of pyridine rings is 1. The number of hydrogen-bond donors (Lipinski definition) is 2. The van der Waals surface area contributed by atoms with Gasteiger partial charge in [-0.2, -0.15) is 0 Å². The van der Waals surface area contributed by atoms with Crippen LogP contribution in [-0.4, -0.2) is 29.1 Å². The number of benzene rings is 2. The second kappa shape index (κ2) is 9.75. The van der Waals surface area contributed by atoms with Crippen LogP contribution < -0.4 is 14.8 Å². The molecule has 7 nitrogen and oxygen atoms in total. The molecule has 1 heterocycles. The molecule has 0 saturated heterocycles. The minimum atomic E-state index is -0.300. The number of phenolic OH excluding ortho intramolecular Hbond substituents is 1.